The molecule has 1 heterocycles. The van der Waals surface area contributed by atoms with E-state index in [2.05, 4.69) is 10.2 Å². The number of aliphatic hydroxyl groups excluding tert-OH is 1. The molecule has 1 aliphatic heterocycles. The van der Waals surface area contributed by atoms with Gasteiger partial charge in [0, 0.05) is 13.1 Å². The monoisotopic (exact) mass is 272 g/mol. The maximum atomic E-state index is 13.5. The summed E-state index contributed by atoms with van der Waals surface area (Å²) in [6.45, 7) is 3.01. The van der Waals surface area contributed by atoms with Gasteiger partial charge in [-0.2, -0.15) is 0 Å². The van der Waals surface area contributed by atoms with Crippen LogP contribution in [0, 0.1) is 5.82 Å². The maximum absolute atomic E-state index is 13.5. The van der Waals surface area contributed by atoms with Gasteiger partial charge in [0.25, 0.3) is 0 Å². The summed E-state index contributed by atoms with van der Waals surface area (Å²) in [5, 5.41) is 13.1. The third-order valence-corrected chi connectivity index (χ3v) is 3.46. The first-order valence-corrected chi connectivity index (χ1v) is 6.63. The molecular formula is C13H18ClFN2O. The molecule has 0 bridgehead atoms. The predicted octanol–water partition coefficient (Wildman–Crippen LogP) is 2.35. The van der Waals surface area contributed by atoms with Crippen LogP contribution in [0.15, 0.2) is 18.2 Å². The van der Waals surface area contributed by atoms with Crippen molar-refractivity contribution in [3.8, 4) is 0 Å². The summed E-state index contributed by atoms with van der Waals surface area (Å²) in [5.41, 5.74) is 0.264. The lowest BCUT2D eigenvalue weighted by Gasteiger charge is -2.20. The maximum Gasteiger partial charge on any atom is 0.147 e. The van der Waals surface area contributed by atoms with Crippen molar-refractivity contribution in [1.29, 1.82) is 0 Å². The largest absolute Gasteiger partial charge is 0.390 e. The first-order chi connectivity index (χ1) is 8.66. The topological polar surface area (TPSA) is 35.5 Å². The molecule has 1 aromatic rings. The number of hydrogen-bond acceptors (Lipinski definition) is 3. The summed E-state index contributed by atoms with van der Waals surface area (Å²) in [7, 11) is 0. The van der Waals surface area contributed by atoms with Crippen molar-refractivity contribution >= 4 is 17.3 Å². The number of nitrogens with zero attached hydrogens (tertiary/aromatic N) is 1. The number of halogens is 2. The fourth-order valence-corrected chi connectivity index (χ4v) is 2.44. The van der Waals surface area contributed by atoms with Crippen LogP contribution in [0.4, 0.5) is 10.1 Å². The molecule has 1 aromatic carbocycles. The van der Waals surface area contributed by atoms with Gasteiger partial charge < -0.3 is 15.3 Å². The van der Waals surface area contributed by atoms with Crippen molar-refractivity contribution in [2.75, 3.05) is 31.5 Å². The Balaban J connectivity index is 1.83. The van der Waals surface area contributed by atoms with Gasteiger partial charge in [0.05, 0.1) is 16.8 Å². The Labute approximate surface area is 112 Å². The van der Waals surface area contributed by atoms with E-state index < -0.39 is 11.9 Å². The number of likely N-dealkylation sites (tertiary alicyclic amines) is 1. The fourth-order valence-electron chi connectivity index (χ4n) is 2.21. The van der Waals surface area contributed by atoms with E-state index in [4.69, 9.17) is 11.6 Å². The van der Waals surface area contributed by atoms with Crippen LogP contribution in [0.3, 0.4) is 0 Å². The highest BCUT2D eigenvalue weighted by Gasteiger charge is 2.16. The SMILES string of the molecule is OC(CNc1c(F)cccc1Cl)CN1CCCC1. The van der Waals surface area contributed by atoms with Gasteiger partial charge in [-0.05, 0) is 38.1 Å². The number of rotatable bonds is 5. The molecule has 2 rings (SSSR count). The average Bonchev–Trinajstić information content (AvgIpc) is 2.81. The molecule has 1 atom stereocenters. The van der Waals surface area contributed by atoms with Crippen molar-refractivity contribution in [2.45, 2.75) is 18.9 Å². The molecule has 18 heavy (non-hydrogen) atoms. The van der Waals surface area contributed by atoms with Crippen LogP contribution in [0.2, 0.25) is 5.02 Å². The lowest BCUT2D eigenvalue weighted by Crippen LogP contribution is -2.34. The van der Waals surface area contributed by atoms with Crippen molar-refractivity contribution < 1.29 is 9.50 Å². The summed E-state index contributed by atoms with van der Waals surface area (Å²) >= 11 is 5.89. The molecule has 0 aliphatic carbocycles. The number of anilines is 1. The summed E-state index contributed by atoms with van der Waals surface area (Å²) in [4.78, 5) is 2.22. The van der Waals surface area contributed by atoms with Crippen molar-refractivity contribution in [3.63, 3.8) is 0 Å². The summed E-state index contributed by atoms with van der Waals surface area (Å²) < 4.78 is 13.5. The highest BCUT2D eigenvalue weighted by atomic mass is 35.5. The Morgan fingerprint density at radius 3 is 2.78 bits per heavy atom. The van der Waals surface area contributed by atoms with Gasteiger partial charge in [-0.15, -0.1) is 0 Å². The second-order valence-corrected chi connectivity index (χ2v) is 5.05. The van der Waals surface area contributed by atoms with Gasteiger partial charge in [0.1, 0.15) is 5.82 Å². The lowest BCUT2D eigenvalue weighted by atomic mass is 10.2. The summed E-state index contributed by atoms with van der Waals surface area (Å²) in [6.07, 6.45) is 1.87. The van der Waals surface area contributed by atoms with Crippen LogP contribution in [0.25, 0.3) is 0 Å². The quantitative estimate of drug-likeness (QED) is 0.864. The van der Waals surface area contributed by atoms with Crippen molar-refractivity contribution in [3.05, 3.63) is 29.0 Å². The number of aliphatic hydroxyl groups is 1. The molecule has 1 saturated heterocycles. The van der Waals surface area contributed by atoms with Gasteiger partial charge >= 0.3 is 0 Å². The Kier molecular flexibility index (Phi) is 4.80. The average molecular weight is 273 g/mol. The summed E-state index contributed by atoms with van der Waals surface area (Å²) in [6, 6.07) is 4.53. The van der Waals surface area contributed by atoms with Crippen molar-refractivity contribution in [2.24, 2.45) is 0 Å². The van der Waals surface area contributed by atoms with E-state index >= 15 is 0 Å². The zero-order chi connectivity index (χ0) is 13.0. The van der Waals surface area contributed by atoms with Gasteiger partial charge in [0.15, 0.2) is 0 Å². The van der Waals surface area contributed by atoms with Gasteiger partial charge in [-0.1, -0.05) is 17.7 Å². The first-order valence-electron chi connectivity index (χ1n) is 6.25. The van der Waals surface area contributed by atoms with Crippen LogP contribution in [-0.2, 0) is 0 Å². The van der Waals surface area contributed by atoms with Crippen LogP contribution >= 0.6 is 11.6 Å². The van der Waals surface area contributed by atoms with E-state index in [1.165, 1.54) is 18.9 Å². The Morgan fingerprint density at radius 1 is 1.39 bits per heavy atom. The van der Waals surface area contributed by atoms with E-state index in [-0.39, 0.29) is 5.69 Å². The fraction of sp³-hybridized carbons (Fsp3) is 0.538. The summed E-state index contributed by atoms with van der Waals surface area (Å²) in [5.74, 6) is -0.393. The molecule has 0 aromatic heterocycles. The highest BCUT2D eigenvalue weighted by molar-refractivity contribution is 6.33. The molecule has 0 radical (unpaired) electrons. The third kappa shape index (κ3) is 3.57. The van der Waals surface area contributed by atoms with Crippen LogP contribution in [-0.4, -0.2) is 42.3 Å². The first kappa shape index (κ1) is 13.6. The Morgan fingerprint density at radius 2 is 2.11 bits per heavy atom. The molecule has 1 aliphatic rings. The highest BCUT2D eigenvalue weighted by Crippen LogP contribution is 2.24. The second kappa shape index (κ2) is 6.36. The van der Waals surface area contributed by atoms with Crippen LogP contribution < -0.4 is 5.32 Å². The minimum Gasteiger partial charge on any atom is -0.390 e. The molecule has 1 unspecified atom stereocenters. The molecule has 3 nitrogen and oxygen atoms in total. The third-order valence-electron chi connectivity index (χ3n) is 3.14. The van der Waals surface area contributed by atoms with Crippen LogP contribution in [0.5, 0.6) is 0 Å². The zero-order valence-electron chi connectivity index (χ0n) is 10.2. The standard InChI is InChI=1S/C13H18ClFN2O/c14-11-4-3-5-12(15)13(11)16-8-10(18)9-17-6-1-2-7-17/h3-5,10,16,18H,1-2,6-9H2. The second-order valence-electron chi connectivity index (χ2n) is 4.64. The van der Waals surface area contributed by atoms with Gasteiger partial charge in [0.2, 0.25) is 0 Å². The molecule has 2 N–H and O–H groups in total. The van der Waals surface area contributed by atoms with Gasteiger partial charge in [-0.3, -0.25) is 0 Å². The minimum atomic E-state index is -0.515. The van der Waals surface area contributed by atoms with Gasteiger partial charge in [-0.25, -0.2) is 4.39 Å². The Hall–Kier alpha value is -0.840. The molecule has 0 amide bonds. The van der Waals surface area contributed by atoms with E-state index in [0.717, 1.165) is 13.1 Å². The van der Waals surface area contributed by atoms with E-state index in [0.29, 0.717) is 18.1 Å². The zero-order valence-corrected chi connectivity index (χ0v) is 11.0. The smallest absolute Gasteiger partial charge is 0.147 e. The molecule has 0 spiro atoms. The number of β-amino-alcohol motifs (C(OH)–C–C–N with tert-alkyl or cyclic N) is 1. The number of nitrogens with one attached hydrogen (secondary N) is 1. The number of benzene rings is 1. The van der Waals surface area contributed by atoms with Crippen molar-refractivity contribution in [1.82, 2.24) is 4.90 Å². The molecule has 5 heteroatoms. The van der Waals surface area contributed by atoms with E-state index in [1.54, 1.807) is 12.1 Å². The number of hydrogen-bond donors (Lipinski definition) is 2. The van der Waals surface area contributed by atoms with E-state index in [9.17, 15) is 9.50 Å². The molecule has 1 fully saturated rings. The molecule has 100 valence electrons. The molecular weight excluding hydrogens is 255 g/mol. The number of para-hydroxylation sites is 1. The van der Waals surface area contributed by atoms with E-state index in [1.807, 2.05) is 0 Å². The normalized spacial score (nSPS) is 17.9. The van der Waals surface area contributed by atoms with Crippen LogP contribution in [0.1, 0.15) is 12.8 Å². The lowest BCUT2D eigenvalue weighted by molar-refractivity contribution is 0.135. The molecule has 0 saturated carbocycles. The predicted molar refractivity (Wildman–Crippen MR) is 71.6 cm³/mol. The Bertz CT molecular complexity index is 376. The minimum absolute atomic E-state index is 0.264.